The smallest absolute Gasteiger partial charge is 0.407 e. The molecule has 0 atom stereocenters. The van der Waals surface area contributed by atoms with Crippen LogP contribution in [-0.2, 0) is 44.3 Å². The molecule has 0 bridgehead atoms. The molecule has 0 unspecified atom stereocenters. The third kappa shape index (κ3) is 16.2. The largest absolute Gasteiger partial charge is 0.493 e. The lowest BCUT2D eigenvalue weighted by Gasteiger charge is -2.34. The van der Waals surface area contributed by atoms with Crippen LogP contribution in [-0.4, -0.2) is 68.1 Å². The maximum atomic E-state index is 6.08. The van der Waals surface area contributed by atoms with Gasteiger partial charge in [0.15, 0.2) is 0 Å². The van der Waals surface area contributed by atoms with Gasteiger partial charge in [0.2, 0.25) is 0 Å². The lowest BCUT2D eigenvalue weighted by Crippen LogP contribution is -2.42. The highest BCUT2D eigenvalue weighted by atomic mass is 79.9. The fourth-order valence-electron chi connectivity index (χ4n) is 16.0. The van der Waals surface area contributed by atoms with Crippen LogP contribution in [0.15, 0.2) is 172 Å². The summed E-state index contributed by atoms with van der Waals surface area (Å²) < 4.78 is 41.8. The molecule has 8 aromatic carbocycles. The van der Waals surface area contributed by atoms with Gasteiger partial charge in [0.1, 0.15) is 0 Å². The Morgan fingerprint density at radius 2 is 0.567 bits per heavy atom. The minimum Gasteiger partial charge on any atom is -0.407 e. The third-order valence-corrected chi connectivity index (χ3v) is 23.4. The van der Waals surface area contributed by atoms with Gasteiger partial charge in [-0.15, -0.1) is 0 Å². The number of methoxy groups -OCH3 is 2. The predicted molar refractivity (Wildman–Crippen MR) is 434 cm³/mol. The molecule has 8 aromatic rings. The average Bonchev–Trinajstić information content (AvgIpc) is 1.51. The molecule has 2 aliphatic heterocycles. The number of hydrogen-bond acceptors (Lipinski definition) is 6. The van der Waals surface area contributed by atoms with Crippen LogP contribution >= 0.6 is 95.6 Å². The zero-order chi connectivity index (χ0) is 64.7. The topological polar surface area (TPSA) is 55.4 Å². The molecule has 0 aromatic heterocycles. The van der Waals surface area contributed by atoms with Crippen LogP contribution in [0, 0.1) is 0 Å². The van der Waals surface area contributed by atoms with Gasteiger partial charge in [0.05, 0.1) is 5.41 Å². The minimum atomic E-state index is -0.337. The first-order valence-corrected chi connectivity index (χ1v) is 38.7. The Morgan fingerprint density at radius 3 is 0.866 bits per heavy atom. The first-order valence-electron chi connectivity index (χ1n) is 33.9. The van der Waals surface area contributed by atoms with Crippen LogP contribution in [0.5, 0.6) is 0 Å². The summed E-state index contributed by atoms with van der Waals surface area (Å²) >= 11 is 22.2. The first kappa shape index (κ1) is 79.2. The average molecular weight is 1690 g/mol. The molecule has 0 saturated carbocycles. The van der Waals surface area contributed by atoms with Crippen molar-refractivity contribution in [2.24, 2.45) is 0 Å². The first-order chi connectivity index (χ1) is 45.4. The van der Waals surface area contributed by atoms with Crippen LogP contribution < -0.4 is 10.9 Å². The maximum absolute atomic E-state index is 6.08. The molecule has 14 heteroatoms. The van der Waals surface area contributed by atoms with E-state index in [2.05, 4.69) is 255 Å². The second kappa shape index (κ2) is 36.1. The Hall–Kier alpha value is -3.47. The van der Waals surface area contributed by atoms with E-state index in [4.69, 9.17) is 28.1 Å². The van der Waals surface area contributed by atoms with Gasteiger partial charge < -0.3 is 28.1 Å². The second-order valence-electron chi connectivity index (χ2n) is 26.0. The number of fused-ring (bicyclic) bond motifs is 16. The van der Waals surface area contributed by atoms with E-state index >= 15 is 0 Å². The highest BCUT2D eigenvalue weighted by Crippen LogP contribution is 2.64. The molecular weight excluding hydrogens is 1590 g/mol. The predicted octanol–water partition coefficient (Wildman–Crippen LogP) is 24.9. The standard InChI is InChI=1S/C35H52B2O4.C25H12Br4.C19H20Br2O2.4CH4/c1-3-5-7-9-11-13-21-35(22-14-12-10-8-6-4-2)33-27-29(36-38-23-15-24-39-36)17-19-31(33)32-20-18-30(28-34(32)35)37-40-25-16-26-41-37;26-13-1-5-17-18-6-2-14(27)10-22(18)25(21(17)9-13)23-11-15(28)3-7-19(23)20-8-4-16(29)12-24(20)25;1-22-9-7-19(8-10-23-2)17-11-13(20)3-5-15(17)16-6-4-14(21)12-18(16)19;;;;/h17-20,27-28H,3-16,21-26H2,1-2H3;1-12H;3-6,11-12H,7-10H2,1-2H3;4*1H4. The fraction of sp³-hybridized carbons (Fsp3) is 0.422. The molecule has 2 heterocycles. The number of hydrogen-bond donors (Lipinski definition) is 0. The lowest BCUT2D eigenvalue weighted by atomic mass is 9.67. The molecule has 6 nitrogen and oxygen atoms in total. The Kier molecular flexibility index (Phi) is 29.5. The lowest BCUT2D eigenvalue weighted by molar-refractivity contribution is 0.143. The molecule has 516 valence electrons. The van der Waals surface area contributed by atoms with Gasteiger partial charge in [-0.05, 0) is 211 Å². The molecule has 0 radical (unpaired) electrons. The van der Waals surface area contributed by atoms with Gasteiger partial charge in [-0.2, -0.15) is 0 Å². The van der Waals surface area contributed by atoms with Gasteiger partial charge in [-0.1, -0.05) is 289 Å². The summed E-state index contributed by atoms with van der Waals surface area (Å²) in [5.41, 5.74) is 23.6. The molecule has 0 N–H and O–H groups in total. The molecular formula is C83H100B2Br6O6. The molecule has 2 saturated heterocycles. The highest BCUT2D eigenvalue weighted by Gasteiger charge is 2.52. The SMILES string of the molecule is Brc1ccc2c(c1)C1(c3cc(Br)ccc3-2)c2cc(Br)ccc2-c2ccc(Br)cc21.C.C.C.C.CCCCCCCCC1(CCCCCCCC)c2cc(B3OCCCO3)ccc2-c2ccc(B3OCCCO3)cc21.COCCC1(CCOC)c2cc(Br)ccc2-c2ccc(Br)cc21. The van der Waals surface area contributed by atoms with Crippen molar-refractivity contribution in [3.8, 4) is 44.5 Å². The third-order valence-electron chi connectivity index (χ3n) is 20.4. The Morgan fingerprint density at radius 1 is 0.320 bits per heavy atom. The molecule has 4 aliphatic carbocycles. The normalized spacial score (nSPS) is 15.4. The Bertz CT molecular complexity index is 3580. The van der Waals surface area contributed by atoms with Crippen molar-refractivity contribution in [3.63, 3.8) is 0 Å². The van der Waals surface area contributed by atoms with Crippen LogP contribution in [0.2, 0.25) is 0 Å². The van der Waals surface area contributed by atoms with Crippen molar-refractivity contribution in [1.29, 1.82) is 0 Å². The van der Waals surface area contributed by atoms with Crippen molar-refractivity contribution in [2.75, 3.05) is 53.9 Å². The van der Waals surface area contributed by atoms with E-state index in [9.17, 15) is 0 Å². The summed E-state index contributed by atoms with van der Waals surface area (Å²) in [6.45, 7) is 9.14. The number of halogens is 6. The summed E-state index contributed by atoms with van der Waals surface area (Å²) in [4.78, 5) is 0. The Balaban J connectivity index is 0.000000190. The minimum absolute atomic E-state index is 0. The Labute approximate surface area is 633 Å². The van der Waals surface area contributed by atoms with E-state index in [1.54, 1.807) is 14.2 Å². The number of ether oxygens (including phenoxy) is 2. The van der Waals surface area contributed by atoms with Crippen LogP contribution in [0.1, 0.15) is 204 Å². The van der Waals surface area contributed by atoms with Crippen LogP contribution in [0.3, 0.4) is 0 Å². The second-order valence-corrected chi connectivity index (χ2v) is 31.5. The van der Waals surface area contributed by atoms with Gasteiger partial charge in [0, 0.05) is 91.5 Å². The maximum Gasteiger partial charge on any atom is 0.493 e. The van der Waals surface area contributed by atoms with Crippen LogP contribution in [0.4, 0.5) is 0 Å². The van der Waals surface area contributed by atoms with E-state index in [-0.39, 0.29) is 60.2 Å². The zero-order valence-electron chi connectivity index (χ0n) is 54.2. The molecule has 14 rings (SSSR count). The van der Waals surface area contributed by atoms with Crippen LogP contribution in [0.25, 0.3) is 44.5 Å². The van der Waals surface area contributed by atoms with E-state index in [0.717, 1.165) is 92.2 Å². The zero-order valence-corrected chi connectivity index (χ0v) is 63.7. The van der Waals surface area contributed by atoms with E-state index in [0.29, 0.717) is 0 Å². The number of unbranched alkanes of at least 4 members (excludes halogenated alkanes) is 10. The van der Waals surface area contributed by atoms with Crippen molar-refractivity contribution >= 4 is 121 Å². The van der Waals surface area contributed by atoms with E-state index in [1.165, 1.54) is 190 Å². The van der Waals surface area contributed by atoms with Crippen molar-refractivity contribution in [3.05, 3.63) is 217 Å². The molecule has 97 heavy (non-hydrogen) atoms. The molecule has 1 spiro atoms. The van der Waals surface area contributed by atoms with Gasteiger partial charge in [-0.25, -0.2) is 0 Å². The van der Waals surface area contributed by atoms with E-state index < -0.39 is 0 Å². The van der Waals surface area contributed by atoms with Crippen molar-refractivity contribution in [2.45, 2.75) is 175 Å². The summed E-state index contributed by atoms with van der Waals surface area (Å²) in [5.74, 6) is 0. The van der Waals surface area contributed by atoms with E-state index in [1.807, 2.05) is 0 Å². The van der Waals surface area contributed by atoms with Gasteiger partial charge >= 0.3 is 14.2 Å². The summed E-state index contributed by atoms with van der Waals surface area (Å²) in [5, 5.41) is 0. The summed E-state index contributed by atoms with van der Waals surface area (Å²) in [6, 6.07) is 54.0. The summed E-state index contributed by atoms with van der Waals surface area (Å²) in [6.07, 6.45) is 22.1. The molecule has 0 amide bonds. The highest BCUT2D eigenvalue weighted by molar-refractivity contribution is 9.11. The number of benzene rings is 8. The van der Waals surface area contributed by atoms with Gasteiger partial charge in [0.25, 0.3) is 0 Å². The monoisotopic (exact) mass is 1690 g/mol. The molecule has 2 fully saturated rings. The fourth-order valence-corrected chi connectivity index (χ4v) is 18.2. The van der Waals surface area contributed by atoms with Crippen molar-refractivity contribution < 1.29 is 28.1 Å². The molecule has 6 aliphatic rings. The quantitative estimate of drug-likeness (QED) is 0.0498. The summed E-state index contributed by atoms with van der Waals surface area (Å²) in [7, 11) is 3.03. The van der Waals surface area contributed by atoms with Gasteiger partial charge in [-0.3, -0.25) is 0 Å². The van der Waals surface area contributed by atoms with Crippen molar-refractivity contribution in [1.82, 2.24) is 0 Å². The number of rotatable bonds is 22.